The maximum Gasteiger partial charge on any atom is 0.312 e. The number of rotatable bonds is 2. The van der Waals surface area contributed by atoms with Crippen molar-refractivity contribution < 1.29 is 4.79 Å². The Labute approximate surface area is 72.7 Å². The first-order valence-corrected chi connectivity index (χ1v) is 4.49. The molecule has 2 atom stereocenters. The fourth-order valence-electron chi connectivity index (χ4n) is 1.72. The lowest BCUT2D eigenvalue weighted by atomic mass is 9.85. The Morgan fingerprint density at radius 1 is 1.42 bits per heavy atom. The van der Waals surface area contributed by atoms with Crippen molar-refractivity contribution in [1.82, 2.24) is 5.32 Å². The molecule has 0 spiro atoms. The molecule has 4 heteroatoms. The van der Waals surface area contributed by atoms with Crippen LogP contribution in [0.25, 0.3) is 0 Å². The van der Waals surface area contributed by atoms with Gasteiger partial charge in [-0.05, 0) is 18.8 Å². The van der Waals surface area contributed by atoms with Gasteiger partial charge >= 0.3 is 6.03 Å². The highest BCUT2D eigenvalue weighted by Gasteiger charge is 2.21. The molecule has 0 aromatic rings. The van der Waals surface area contributed by atoms with E-state index in [0.717, 1.165) is 12.8 Å². The van der Waals surface area contributed by atoms with Gasteiger partial charge in [0.2, 0.25) is 0 Å². The van der Waals surface area contributed by atoms with Gasteiger partial charge in [0, 0.05) is 12.6 Å². The zero-order valence-electron chi connectivity index (χ0n) is 7.25. The SMILES string of the molecule is NC(=O)NCC1CCCCC1N. The van der Waals surface area contributed by atoms with Crippen molar-refractivity contribution in [2.24, 2.45) is 17.4 Å². The Morgan fingerprint density at radius 2 is 2.08 bits per heavy atom. The summed E-state index contributed by atoms with van der Waals surface area (Å²) in [5, 5.41) is 2.60. The Hall–Kier alpha value is -0.770. The zero-order valence-corrected chi connectivity index (χ0v) is 7.25. The minimum Gasteiger partial charge on any atom is -0.352 e. The van der Waals surface area contributed by atoms with E-state index in [1.54, 1.807) is 0 Å². The van der Waals surface area contributed by atoms with E-state index in [-0.39, 0.29) is 6.04 Å². The number of nitrogens with one attached hydrogen (secondary N) is 1. The Bertz CT molecular complexity index is 160. The molecular weight excluding hydrogens is 154 g/mol. The second-order valence-electron chi connectivity index (χ2n) is 3.45. The van der Waals surface area contributed by atoms with E-state index in [9.17, 15) is 4.79 Å². The van der Waals surface area contributed by atoms with Crippen LogP contribution in [-0.2, 0) is 0 Å². The van der Waals surface area contributed by atoms with Gasteiger partial charge in [-0.2, -0.15) is 0 Å². The zero-order chi connectivity index (χ0) is 8.97. The Kier molecular flexibility index (Phi) is 3.34. The highest BCUT2D eigenvalue weighted by Crippen LogP contribution is 2.21. The molecule has 0 saturated heterocycles. The number of nitrogens with two attached hydrogens (primary N) is 2. The molecule has 12 heavy (non-hydrogen) atoms. The molecule has 5 N–H and O–H groups in total. The van der Waals surface area contributed by atoms with Crippen LogP contribution in [0.15, 0.2) is 0 Å². The van der Waals surface area contributed by atoms with Crippen molar-refractivity contribution in [2.75, 3.05) is 6.54 Å². The first-order valence-electron chi connectivity index (χ1n) is 4.49. The summed E-state index contributed by atoms with van der Waals surface area (Å²) in [5.74, 6) is 0.422. The predicted octanol–water partition coefficient (Wildman–Crippen LogP) is 0.172. The summed E-state index contributed by atoms with van der Waals surface area (Å²) in [5.41, 5.74) is 10.8. The molecule has 70 valence electrons. The van der Waals surface area contributed by atoms with Crippen molar-refractivity contribution in [1.29, 1.82) is 0 Å². The first kappa shape index (κ1) is 9.32. The second-order valence-corrected chi connectivity index (χ2v) is 3.45. The predicted molar refractivity (Wildman–Crippen MR) is 47.5 cm³/mol. The molecule has 2 unspecified atom stereocenters. The van der Waals surface area contributed by atoms with Gasteiger partial charge in [0.15, 0.2) is 0 Å². The quantitative estimate of drug-likeness (QED) is 0.553. The van der Waals surface area contributed by atoms with Gasteiger partial charge in [-0.3, -0.25) is 0 Å². The van der Waals surface area contributed by atoms with Crippen LogP contribution >= 0.6 is 0 Å². The van der Waals surface area contributed by atoms with E-state index < -0.39 is 6.03 Å². The van der Waals surface area contributed by atoms with Gasteiger partial charge in [0.25, 0.3) is 0 Å². The highest BCUT2D eigenvalue weighted by molar-refractivity contribution is 5.71. The molecular formula is C8H17N3O. The van der Waals surface area contributed by atoms with Gasteiger partial charge in [-0.1, -0.05) is 12.8 Å². The van der Waals surface area contributed by atoms with Gasteiger partial charge < -0.3 is 16.8 Å². The maximum atomic E-state index is 10.4. The van der Waals surface area contributed by atoms with Gasteiger partial charge in [0.1, 0.15) is 0 Å². The van der Waals surface area contributed by atoms with Crippen LogP contribution in [0.2, 0.25) is 0 Å². The fourth-order valence-corrected chi connectivity index (χ4v) is 1.72. The Balaban J connectivity index is 2.24. The maximum absolute atomic E-state index is 10.4. The lowest BCUT2D eigenvalue weighted by Gasteiger charge is -2.28. The van der Waals surface area contributed by atoms with Gasteiger partial charge in [-0.15, -0.1) is 0 Å². The number of carbonyl (C=O) groups is 1. The Morgan fingerprint density at radius 3 is 2.67 bits per heavy atom. The summed E-state index contributed by atoms with van der Waals surface area (Å²) in [6.45, 7) is 0.635. The molecule has 0 aromatic heterocycles. The fraction of sp³-hybridized carbons (Fsp3) is 0.875. The first-order chi connectivity index (χ1) is 5.70. The number of urea groups is 1. The average molecular weight is 171 g/mol. The molecule has 1 rings (SSSR count). The monoisotopic (exact) mass is 171 g/mol. The van der Waals surface area contributed by atoms with E-state index in [2.05, 4.69) is 5.32 Å². The van der Waals surface area contributed by atoms with Gasteiger partial charge in [0.05, 0.1) is 0 Å². The standard InChI is InChI=1S/C8H17N3O/c9-7-4-2-1-3-6(7)5-11-8(10)12/h6-7H,1-5,9H2,(H3,10,11,12). The summed E-state index contributed by atoms with van der Waals surface area (Å²) in [6.07, 6.45) is 4.62. The van der Waals surface area contributed by atoms with Crippen LogP contribution in [0.3, 0.4) is 0 Å². The summed E-state index contributed by atoms with van der Waals surface area (Å²) in [6, 6.07) is -0.210. The van der Waals surface area contributed by atoms with Crippen molar-refractivity contribution in [3.63, 3.8) is 0 Å². The molecule has 1 fully saturated rings. The van der Waals surface area contributed by atoms with Crippen LogP contribution in [0.4, 0.5) is 4.79 Å². The average Bonchev–Trinajstić information content (AvgIpc) is 2.03. The number of hydrogen-bond acceptors (Lipinski definition) is 2. The van der Waals surface area contributed by atoms with Crippen molar-refractivity contribution in [2.45, 2.75) is 31.7 Å². The third-order valence-corrected chi connectivity index (χ3v) is 2.51. The normalized spacial score (nSPS) is 29.8. The molecule has 0 radical (unpaired) electrons. The molecule has 4 nitrogen and oxygen atoms in total. The van der Waals surface area contributed by atoms with Crippen LogP contribution in [0.5, 0.6) is 0 Å². The number of carbonyl (C=O) groups excluding carboxylic acids is 1. The number of primary amides is 1. The van der Waals surface area contributed by atoms with E-state index >= 15 is 0 Å². The third-order valence-electron chi connectivity index (χ3n) is 2.51. The molecule has 1 aliphatic rings. The molecule has 2 amide bonds. The van der Waals surface area contributed by atoms with Gasteiger partial charge in [-0.25, -0.2) is 4.79 Å². The van der Waals surface area contributed by atoms with Crippen LogP contribution in [0.1, 0.15) is 25.7 Å². The number of amides is 2. The topological polar surface area (TPSA) is 81.1 Å². The summed E-state index contributed by atoms with van der Waals surface area (Å²) in [4.78, 5) is 10.4. The van der Waals surface area contributed by atoms with E-state index in [0.29, 0.717) is 12.5 Å². The van der Waals surface area contributed by atoms with E-state index in [1.807, 2.05) is 0 Å². The minimum atomic E-state index is -0.451. The van der Waals surface area contributed by atoms with Crippen molar-refractivity contribution in [3.05, 3.63) is 0 Å². The largest absolute Gasteiger partial charge is 0.352 e. The summed E-state index contributed by atoms with van der Waals surface area (Å²) >= 11 is 0. The smallest absolute Gasteiger partial charge is 0.312 e. The third kappa shape index (κ3) is 2.70. The van der Waals surface area contributed by atoms with Crippen molar-refractivity contribution in [3.8, 4) is 0 Å². The molecule has 0 heterocycles. The number of hydrogen-bond donors (Lipinski definition) is 3. The molecule has 1 aliphatic carbocycles. The van der Waals surface area contributed by atoms with Crippen LogP contribution in [-0.4, -0.2) is 18.6 Å². The lowest BCUT2D eigenvalue weighted by molar-refractivity contribution is 0.241. The van der Waals surface area contributed by atoms with Crippen LogP contribution < -0.4 is 16.8 Å². The minimum absolute atomic E-state index is 0.241. The summed E-state index contributed by atoms with van der Waals surface area (Å²) < 4.78 is 0. The van der Waals surface area contributed by atoms with Crippen LogP contribution in [0, 0.1) is 5.92 Å². The second kappa shape index (κ2) is 4.30. The molecule has 1 saturated carbocycles. The molecule has 0 bridgehead atoms. The molecule has 0 aliphatic heterocycles. The lowest BCUT2D eigenvalue weighted by Crippen LogP contribution is -2.42. The summed E-state index contributed by atoms with van der Waals surface area (Å²) in [7, 11) is 0. The highest BCUT2D eigenvalue weighted by atomic mass is 16.2. The molecule has 0 aromatic carbocycles. The van der Waals surface area contributed by atoms with E-state index in [4.69, 9.17) is 11.5 Å². The van der Waals surface area contributed by atoms with E-state index in [1.165, 1.54) is 12.8 Å². The van der Waals surface area contributed by atoms with Crippen molar-refractivity contribution >= 4 is 6.03 Å².